The van der Waals surface area contributed by atoms with Gasteiger partial charge in [0.1, 0.15) is 24.1 Å². The van der Waals surface area contributed by atoms with Gasteiger partial charge in [-0.05, 0) is 49.2 Å². The standard InChI is InChI=1S/C39H45F4N7O8S/c40-26-16-23-24(38(56)50(37(23)55)29-4-6-32(51)44-36(29)54)18-30(26)47-12-8-45(9-13-47)7-1-2-33(52)48-14-10-46(11-15-48)19-22-20-49(21-22)28-3-5-31(59(57,58)39(42)43)34-25(28)17-27(41)35(34)53/h3,5,16,18,22,27,29,35,39,53H,1-2,4,6-15,17,19-21H2,(H,44,51,54)/t27?,29?,35-/m1/s1. The number of hydrogen-bond acceptors (Lipinski definition) is 12. The predicted octanol–water partition coefficient (Wildman–Crippen LogP) is 1.33. The smallest absolute Gasteiger partial charge is 0.341 e. The second-order valence-electron chi connectivity index (χ2n) is 16.1. The highest BCUT2D eigenvalue weighted by Crippen LogP contribution is 2.45. The largest absolute Gasteiger partial charge is 0.385 e. The fourth-order valence-corrected chi connectivity index (χ4v) is 10.3. The fourth-order valence-electron chi connectivity index (χ4n) is 9.27. The summed E-state index contributed by atoms with van der Waals surface area (Å²) in [4.78, 5) is 73.5. The van der Waals surface area contributed by atoms with Gasteiger partial charge in [0.05, 0.1) is 21.7 Å². The van der Waals surface area contributed by atoms with Gasteiger partial charge in [-0.15, -0.1) is 0 Å². The second-order valence-corrected chi connectivity index (χ2v) is 18.0. The number of sulfone groups is 1. The molecule has 4 saturated heterocycles. The summed E-state index contributed by atoms with van der Waals surface area (Å²) in [5, 5.41) is 12.5. The van der Waals surface area contributed by atoms with Crippen LogP contribution in [0.5, 0.6) is 0 Å². The minimum absolute atomic E-state index is 0.00796. The molecule has 0 aromatic heterocycles. The molecule has 0 saturated carbocycles. The van der Waals surface area contributed by atoms with Gasteiger partial charge >= 0.3 is 5.76 Å². The number of nitrogens with one attached hydrogen (secondary N) is 1. The van der Waals surface area contributed by atoms with E-state index in [4.69, 9.17) is 0 Å². The molecule has 15 nitrogen and oxygen atoms in total. The van der Waals surface area contributed by atoms with Crippen LogP contribution in [0.2, 0.25) is 0 Å². The first kappa shape index (κ1) is 41.1. The molecule has 2 N–H and O–H groups in total. The number of hydrogen-bond donors (Lipinski definition) is 2. The first-order valence-electron chi connectivity index (χ1n) is 19.9. The predicted molar refractivity (Wildman–Crippen MR) is 203 cm³/mol. The maximum atomic E-state index is 15.3. The van der Waals surface area contributed by atoms with Gasteiger partial charge < -0.3 is 19.8 Å². The van der Waals surface area contributed by atoms with Crippen LogP contribution in [0.4, 0.5) is 28.9 Å². The molecule has 5 heterocycles. The Kier molecular flexibility index (Phi) is 11.2. The molecular formula is C39H45F4N7O8S. The minimum Gasteiger partial charge on any atom is -0.385 e. The maximum Gasteiger partial charge on any atom is 0.341 e. The van der Waals surface area contributed by atoms with Crippen molar-refractivity contribution in [3.8, 4) is 0 Å². The van der Waals surface area contributed by atoms with E-state index in [9.17, 15) is 50.7 Å². The van der Waals surface area contributed by atoms with Crippen molar-refractivity contribution in [2.75, 3.05) is 88.3 Å². The lowest BCUT2D eigenvalue weighted by molar-refractivity contribution is -0.136. The molecule has 0 bridgehead atoms. The van der Waals surface area contributed by atoms with E-state index < -0.39 is 68.3 Å². The summed E-state index contributed by atoms with van der Waals surface area (Å²) in [5.41, 5.74) is 0.637. The van der Waals surface area contributed by atoms with Crippen molar-refractivity contribution in [1.82, 2.24) is 24.9 Å². The molecule has 20 heteroatoms. The fraction of sp³-hybridized carbons (Fsp3) is 0.564. The Bertz CT molecular complexity index is 2170. The SMILES string of the molecule is O=C1CCC(N2C(=O)c3cc(F)c(N4CCN(CCCC(=O)N5CCN(CC6CN(c7ccc(S(=O)(=O)C(F)F)c8c7CC(F)[C@H]8O)C6)CC5)CC4)cc3C2=O)C(=O)N1. The summed E-state index contributed by atoms with van der Waals surface area (Å²) in [7, 11) is -5.02. The highest BCUT2D eigenvalue weighted by atomic mass is 32.2. The lowest BCUT2D eigenvalue weighted by Crippen LogP contribution is -2.55. The van der Waals surface area contributed by atoms with Crippen LogP contribution < -0.4 is 15.1 Å². The minimum atomic E-state index is -5.02. The Morgan fingerprint density at radius 1 is 0.881 bits per heavy atom. The summed E-state index contributed by atoms with van der Waals surface area (Å²) >= 11 is 0. The van der Waals surface area contributed by atoms with Crippen molar-refractivity contribution in [2.24, 2.45) is 5.92 Å². The molecule has 0 radical (unpaired) electrons. The van der Waals surface area contributed by atoms with Crippen molar-refractivity contribution in [1.29, 1.82) is 0 Å². The van der Waals surface area contributed by atoms with E-state index in [1.807, 2.05) is 14.7 Å². The van der Waals surface area contributed by atoms with Gasteiger partial charge in [-0.25, -0.2) is 17.2 Å². The van der Waals surface area contributed by atoms with Gasteiger partial charge in [-0.3, -0.25) is 44.0 Å². The number of alkyl halides is 3. The molecule has 6 aliphatic rings. The van der Waals surface area contributed by atoms with Crippen LogP contribution in [-0.2, 0) is 30.6 Å². The normalized spacial score (nSPS) is 24.5. The van der Waals surface area contributed by atoms with Crippen molar-refractivity contribution in [2.45, 2.75) is 61.1 Å². The number of aliphatic hydroxyl groups excluding tert-OH is 1. The average Bonchev–Trinajstić information content (AvgIpc) is 3.62. The molecule has 8 rings (SSSR count). The number of piperazine rings is 2. The number of nitrogens with zero attached hydrogens (tertiary/aromatic N) is 6. The lowest BCUT2D eigenvalue weighted by Gasteiger charge is -2.45. The van der Waals surface area contributed by atoms with Crippen molar-refractivity contribution < 1.29 is 55.1 Å². The first-order chi connectivity index (χ1) is 28.1. The summed E-state index contributed by atoms with van der Waals surface area (Å²) in [6.07, 6.45) is -2.80. The van der Waals surface area contributed by atoms with E-state index in [0.717, 1.165) is 23.6 Å². The van der Waals surface area contributed by atoms with Crippen molar-refractivity contribution in [3.05, 3.63) is 52.3 Å². The maximum absolute atomic E-state index is 15.3. The van der Waals surface area contributed by atoms with Crippen molar-refractivity contribution >= 4 is 50.7 Å². The molecular weight excluding hydrogens is 803 g/mol. The monoisotopic (exact) mass is 847 g/mol. The Morgan fingerprint density at radius 3 is 2.20 bits per heavy atom. The zero-order chi connectivity index (χ0) is 41.9. The molecule has 4 fully saturated rings. The molecule has 59 heavy (non-hydrogen) atoms. The van der Waals surface area contributed by atoms with E-state index >= 15 is 4.39 Å². The number of anilines is 2. The number of carbonyl (C=O) groups excluding carboxylic acids is 5. The van der Waals surface area contributed by atoms with Crippen LogP contribution in [-0.4, -0.2) is 159 Å². The molecule has 5 aliphatic heterocycles. The molecule has 318 valence electrons. The van der Waals surface area contributed by atoms with Crippen molar-refractivity contribution in [3.63, 3.8) is 0 Å². The molecule has 2 aromatic carbocycles. The Balaban J connectivity index is 0.755. The van der Waals surface area contributed by atoms with Crippen LogP contribution >= 0.6 is 0 Å². The molecule has 3 atom stereocenters. The average molecular weight is 848 g/mol. The van der Waals surface area contributed by atoms with Crippen LogP contribution in [0.25, 0.3) is 0 Å². The number of aliphatic hydroxyl groups is 1. The van der Waals surface area contributed by atoms with Crippen LogP contribution in [0.15, 0.2) is 29.2 Å². The Morgan fingerprint density at radius 2 is 1.54 bits per heavy atom. The van der Waals surface area contributed by atoms with Gasteiger partial charge in [0.15, 0.2) is 0 Å². The third-order valence-corrected chi connectivity index (χ3v) is 13.9. The zero-order valence-electron chi connectivity index (χ0n) is 32.1. The quantitative estimate of drug-likeness (QED) is 0.246. The third-order valence-electron chi connectivity index (χ3n) is 12.5. The van der Waals surface area contributed by atoms with E-state index in [1.54, 1.807) is 0 Å². The van der Waals surface area contributed by atoms with Gasteiger partial charge in [0, 0.05) is 108 Å². The molecule has 5 amide bonds. The molecule has 2 aromatic rings. The van der Waals surface area contributed by atoms with Gasteiger partial charge in [0.25, 0.3) is 11.8 Å². The molecule has 2 unspecified atom stereocenters. The van der Waals surface area contributed by atoms with E-state index in [2.05, 4.69) is 15.1 Å². The summed E-state index contributed by atoms with van der Waals surface area (Å²) in [6, 6.07) is 3.74. The second kappa shape index (κ2) is 16.1. The van der Waals surface area contributed by atoms with E-state index in [1.165, 1.54) is 12.1 Å². The molecule has 1 aliphatic carbocycles. The summed E-state index contributed by atoms with van der Waals surface area (Å²) < 4.78 is 81.0. The zero-order valence-corrected chi connectivity index (χ0v) is 32.9. The van der Waals surface area contributed by atoms with E-state index in [0.29, 0.717) is 90.5 Å². The number of imide groups is 2. The van der Waals surface area contributed by atoms with Crippen LogP contribution in [0, 0.1) is 11.7 Å². The summed E-state index contributed by atoms with van der Waals surface area (Å²) in [6.45, 7) is 7.34. The highest BCUT2D eigenvalue weighted by Gasteiger charge is 2.46. The number of amides is 5. The van der Waals surface area contributed by atoms with Gasteiger partial charge in [-0.2, -0.15) is 8.78 Å². The van der Waals surface area contributed by atoms with Crippen LogP contribution in [0.1, 0.15) is 63.6 Å². The third kappa shape index (κ3) is 7.68. The topological polar surface area (TPSA) is 171 Å². The number of halogens is 4. The number of carbonyl (C=O) groups is 5. The number of piperidine rings is 1. The highest BCUT2D eigenvalue weighted by molar-refractivity contribution is 7.91. The lowest BCUT2D eigenvalue weighted by atomic mass is 9.95. The Labute approximate surface area is 337 Å². The van der Waals surface area contributed by atoms with E-state index in [-0.39, 0.29) is 59.0 Å². The first-order valence-corrected chi connectivity index (χ1v) is 21.4. The van der Waals surface area contributed by atoms with Gasteiger partial charge in [0.2, 0.25) is 27.6 Å². The summed E-state index contributed by atoms with van der Waals surface area (Å²) in [5.74, 6) is -6.68. The number of benzene rings is 2. The Hall–Kier alpha value is -4.66. The van der Waals surface area contributed by atoms with Gasteiger partial charge in [-0.1, -0.05) is 0 Å². The number of rotatable bonds is 11. The number of fused-ring (bicyclic) bond motifs is 2. The van der Waals surface area contributed by atoms with Crippen LogP contribution in [0.3, 0.4) is 0 Å². The molecule has 0 spiro atoms.